The average Bonchev–Trinajstić information content (AvgIpc) is 3.00. The van der Waals surface area contributed by atoms with Crippen LogP contribution in [0.15, 0.2) is 58.8 Å². The zero-order chi connectivity index (χ0) is 17.9. The van der Waals surface area contributed by atoms with Crippen molar-refractivity contribution in [1.82, 2.24) is 4.98 Å². The third-order valence-corrected chi connectivity index (χ3v) is 6.51. The molecule has 0 spiro atoms. The van der Waals surface area contributed by atoms with Crippen molar-refractivity contribution in [3.63, 3.8) is 0 Å². The van der Waals surface area contributed by atoms with Gasteiger partial charge < -0.3 is 4.90 Å². The first-order valence-electron chi connectivity index (χ1n) is 8.74. The highest BCUT2D eigenvalue weighted by atomic mass is 32.2. The Morgan fingerprint density at radius 2 is 1.96 bits per heavy atom. The van der Waals surface area contributed by atoms with Gasteiger partial charge in [-0.2, -0.15) is 0 Å². The van der Waals surface area contributed by atoms with E-state index in [0.29, 0.717) is 6.42 Å². The lowest BCUT2D eigenvalue weighted by atomic mass is 10.2. The molecule has 1 aliphatic heterocycles. The quantitative estimate of drug-likeness (QED) is 0.627. The summed E-state index contributed by atoms with van der Waals surface area (Å²) in [7, 11) is 0. The maximum absolute atomic E-state index is 13.0. The van der Waals surface area contributed by atoms with Crippen molar-refractivity contribution in [3.05, 3.63) is 65.2 Å². The third-order valence-electron chi connectivity index (χ3n) is 4.42. The molecular formula is C21H20N2OS2. The van der Waals surface area contributed by atoms with Crippen molar-refractivity contribution in [3.8, 4) is 10.6 Å². The maximum atomic E-state index is 13.0. The Kier molecular flexibility index (Phi) is 5.09. The predicted molar refractivity (Wildman–Crippen MR) is 110 cm³/mol. The number of thioether (sulfide) groups is 1. The van der Waals surface area contributed by atoms with Crippen LogP contribution in [0, 0.1) is 6.92 Å². The Labute approximate surface area is 162 Å². The Hall–Kier alpha value is -2.11. The van der Waals surface area contributed by atoms with E-state index in [1.165, 1.54) is 10.5 Å². The van der Waals surface area contributed by atoms with Crippen LogP contribution in [-0.4, -0.2) is 23.2 Å². The van der Waals surface area contributed by atoms with Crippen molar-refractivity contribution in [2.75, 3.05) is 17.2 Å². The molecule has 132 valence electrons. The van der Waals surface area contributed by atoms with Gasteiger partial charge in [0, 0.05) is 22.4 Å². The van der Waals surface area contributed by atoms with E-state index in [1.54, 1.807) is 11.3 Å². The van der Waals surface area contributed by atoms with Gasteiger partial charge in [0.05, 0.1) is 17.8 Å². The number of anilines is 1. The number of benzene rings is 2. The minimum Gasteiger partial charge on any atom is -0.311 e. The number of para-hydroxylation sites is 1. The normalized spacial score (nSPS) is 14.0. The summed E-state index contributed by atoms with van der Waals surface area (Å²) < 4.78 is 0. The molecule has 0 fully saturated rings. The van der Waals surface area contributed by atoms with Crippen LogP contribution in [-0.2, 0) is 11.2 Å². The first-order chi connectivity index (χ1) is 12.7. The molecule has 0 bridgehead atoms. The van der Waals surface area contributed by atoms with Crippen LogP contribution in [0.25, 0.3) is 10.6 Å². The molecule has 0 saturated carbocycles. The molecule has 3 nitrogen and oxygen atoms in total. The summed E-state index contributed by atoms with van der Waals surface area (Å²) in [5.41, 5.74) is 4.23. The number of aryl methyl sites for hydroxylation is 1. The van der Waals surface area contributed by atoms with Gasteiger partial charge in [0.1, 0.15) is 5.01 Å². The Morgan fingerprint density at radius 1 is 1.15 bits per heavy atom. The average molecular weight is 381 g/mol. The summed E-state index contributed by atoms with van der Waals surface area (Å²) in [4.78, 5) is 20.8. The molecule has 0 radical (unpaired) electrons. The molecule has 0 N–H and O–H groups in total. The SMILES string of the molecule is Cc1ccc(-c2nc(CC(=O)N3CCCSc4ccccc43)cs2)cc1. The van der Waals surface area contributed by atoms with Gasteiger partial charge in [0.15, 0.2) is 0 Å². The molecule has 0 saturated heterocycles. The van der Waals surface area contributed by atoms with Crippen molar-refractivity contribution < 1.29 is 4.79 Å². The number of nitrogens with zero attached hydrogens (tertiary/aromatic N) is 2. The van der Waals surface area contributed by atoms with Gasteiger partial charge in [-0.3, -0.25) is 4.79 Å². The highest BCUT2D eigenvalue weighted by Crippen LogP contribution is 2.34. The van der Waals surface area contributed by atoms with Gasteiger partial charge in [0.25, 0.3) is 0 Å². The molecule has 1 aromatic heterocycles. The number of carbonyl (C=O) groups excluding carboxylic acids is 1. The standard InChI is InChI=1S/C21H20N2OS2/c1-15-7-9-16(10-8-15)21-22-17(14-26-21)13-20(24)23-11-4-12-25-19-6-3-2-5-18(19)23/h2-3,5-10,14H,4,11-13H2,1H3. The molecule has 5 heteroatoms. The van der Waals surface area contributed by atoms with Gasteiger partial charge >= 0.3 is 0 Å². The van der Waals surface area contributed by atoms with Gasteiger partial charge in [0.2, 0.25) is 5.91 Å². The molecule has 0 unspecified atom stereocenters. The van der Waals surface area contributed by atoms with E-state index in [2.05, 4.69) is 37.3 Å². The summed E-state index contributed by atoms with van der Waals surface area (Å²) >= 11 is 3.43. The Balaban J connectivity index is 1.53. The lowest BCUT2D eigenvalue weighted by Gasteiger charge is -2.22. The molecule has 1 aliphatic rings. The monoisotopic (exact) mass is 380 g/mol. The Bertz CT molecular complexity index is 918. The molecule has 3 aromatic rings. The summed E-state index contributed by atoms with van der Waals surface area (Å²) in [5.74, 6) is 1.18. The summed E-state index contributed by atoms with van der Waals surface area (Å²) in [5, 5.41) is 2.98. The van der Waals surface area contributed by atoms with Gasteiger partial charge in [-0.15, -0.1) is 23.1 Å². The maximum Gasteiger partial charge on any atom is 0.233 e. The second-order valence-corrected chi connectivity index (χ2v) is 8.40. The van der Waals surface area contributed by atoms with Crippen LogP contribution in [0.1, 0.15) is 17.7 Å². The number of fused-ring (bicyclic) bond motifs is 1. The first-order valence-corrected chi connectivity index (χ1v) is 10.6. The molecule has 2 aromatic carbocycles. The number of rotatable bonds is 3. The van der Waals surface area contributed by atoms with E-state index in [-0.39, 0.29) is 5.91 Å². The van der Waals surface area contributed by atoms with E-state index in [9.17, 15) is 4.79 Å². The van der Waals surface area contributed by atoms with E-state index in [0.717, 1.165) is 40.7 Å². The topological polar surface area (TPSA) is 33.2 Å². The molecule has 1 amide bonds. The van der Waals surface area contributed by atoms with Crippen molar-refractivity contribution in [2.24, 2.45) is 0 Å². The molecular weight excluding hydrogens is 360 g/mol. The predicted octanol–water partition coefficient (Wildman–Crippen LogP) is 5.19. The van der Waals surface area contributed by atoms with E-state index < -0.39 is 0 Å². The number of amides is 1. The van der Waals surface area contributed by atoms with Crippen LogP contribution in [0.2, 0.25) is 0 Å². The number of thiazole rings is 1. The minimum absolute atomic E-state index is 0.126. The highest BCUT2D eigenvalue weighted by Gasteiger charge is 2.22. The van der Waals surface area contributed by atoms with E-state index >= 15 is 0 Å². The van der Waals surface area contributed by atoms with Crippen LogP contribution in [0.5, 0.6) is 0 Å². The Morgan fingerprint density at radius 3 is 2.81 bits per heavy atom. The lowest BCUT2D eigenvalue weighted by molar-refractivity contribution is -0.118. The third kappa shape index (κ3) is 3.69. The first kappa shape index (κ1) is 17.3. The van der Waals surface area contributed by atoms with Crippen molar-refractivity contribution in [2.45, 2.75) is 24.7 Å². The van der Waals surface area contributed by atoms with Crippen molar-refractivity contribution in [1.29, 1.82) is 0 Å². The summed E-state index contributed by atoms with van der Waals surface area (Å²) in [6.07, 6.45) is 1.36. The molecule has 26 heavy (non-hydrogen) atoms. The van der Waals surface area contributed by atoms with Gasteiger partial charge in [-0.25, -0.2) is 4.98 Å². The van der Waals surface area contributed by atoms with Gasteiger partial charge in [-0.05, 0) is 31.2 Å². The second kappa shape index (κ2) is 7.64. The number of aromatic nitrogens is 1. The number of hydrogen-bond acceptors (Lipinski definition) is 4. The fraction of sp³-hybridized carbons (Fsp3) is 0.238. The van der Waals surface area contributed by atoms with Gasteiger partial charge in [-0.1, -0.05) is 42.0 Å². The van der Waals surface area contributed by atoms with Crippen LogP contribution < -0.4 is 4.90 Å². The summed E-state index contributed by atoms with van der Waals surface area (Å²) in [6.45, 7) is 2.85. The number of hydrogen-bond donors (Lipinski definition) is 0. The molecule has 0 aliphatic carbocycles. The highest BCUT2D eigenvalue weighted by molar-refractivity contribution is 7.99. The van der Waals surface area contributed by atoms with Crippen LogP contribution in [0.3, 0.4) is 0 Å². The zero-order valence-electron chi connectivity index (χ0n) is 14.6. The van der Waals surface area contributed by atoms with E-state index in [1.807, 2.05) is 40.2 Å². The molecule has 0 atom stereocenters. The second-order valence-electron chi connectivity index (χ2n) is 6.40. The fourth-order valence-electron chi connectivity index (χ4n) is 3.05. The largest absolute Gasteiger partial charge is 0.311 e. The van der Waals surface area contributed by atoms with E-state index in [4.69, 9.17) is 4.98 Å². The summed E-state index contributed by atoms with van der Waals surface area (Å²) in [6, 6.07) is 16.5. The minimum atomic E-state index is 0.126. The molecule has 2 heterocycles. The lowest BCUT2D eigenvalue weighted by Crippen LogP contribution is -2.33. The van der Waals surface area contributed by atoms with Crippen molar-refractivity contribution >= 4 is 34.7 Å². The fourth-order valence-corrected chi connectivity index (χ4v) is 4.87. The number of carbonyl (C=O) groups is 1. The van der Waals surface area contributed by atoms with Crippen LogP contribution in [0.4, 0.5) is 5.69 Å². The van der Waals surface area contributed by atoms with Crippen LogP contribution >= 0.6 is 23.1 Å². The smallest absolute Gasteiger partial charge is 0.233 e. The molecule has 4 rings (SSSR count). The zero-order valence-corrected chi connectivity index (χ0v) is 16.3.